The number of benzene rings is 2. The highest BCUT2D eigenvalue weighted by atomic mass is 16.5. The van der Waals surface area contributed by atoms with Crippen molar-refractivity contribution in [1.29, 1.82) is 0 Å². The summed E-state index contributed by atoms with van der Waals surface area (Å²) in [5.74, 6) is -0.891. The molecule has 0 bridgehead atoms. The van der Waals surface area contributed by atoms with Crippen LogP contribution in [0.25, 0.3) is 0 Å². The molecule has 0 radical (unpaired) electrons. The van der Waals surface area contributed by atoms with Gasteiger partial charge >= 0.3 is 5.97 Å². The maximum atomic E-state index is 13.0. The van der Waals surface area contributed by atoms with Gasteiger partial charge in [0.15, 0.2) is 0 Å². The summed E-state index contributed by atoms with van der Waals surface area (Å²) in [4.78, 5) is 27.1. The zero-order valence-corrected chi connectivity index (χ0v) is 17.4. The number of β-lactam (4-membered cyclic amide) rings is 1. The maximum Gasteiger partial charge on any atom is 0.355 e. The lowest BCUT2D eigenvalue weighted by Gasteiger charge is -2.44. The van der Waals surface area contributed by atoms with Gasteiger partial charge in [-0.05, 0) is 42.2 Å². The van der Waals surface area contributed by atoms with E-state index in [1.807, 2.05) is 6.07 Å². The Morgan fingerprint density at radius 1 is 1.13 bits per heavy atom. The van der Waals surface area contributed by atoms with Crippen LogP contribution in [0, 0.1) is 5.92 Å². The van der Waals surface area contributed by atoms with Crippen LogP contribution < -0.4 is 4.74 Å². The van der Waals surface area contributed by atoms with Crippen molar-refractivity contribution in [2.75, 3.05) is 7.11 Å². The number of hydrogen-bond donors (Lipinski definition) is 2. The molecule has 31 heavy (non-hydrogen) atoms. The van der Waals surface area contributed by atoms with Crippen molar-refractivity contribution in [1.82, 2.24) is 4.90 Å². The van der Waals surface area contributed by atoms with E-state index in [1.54, 1.807) is 62.6 Å². The van der Waals surface area contributed by atoms with E-state index >= 15 is 0 Å². The van der Waals surface area contributed by atoms with Crippen LogP contribution in [0.4, 0.5) is 0 Å². The first-order valence-electron chi connectivity index (χ1n) is 10.2. The van der Waals surface area contributed by atoms with E-state index in [0.29, 0.717) is 23.3 Å². The summed E-state index contributed by atoms with van der Waals surface area (Å²) < 4.78 is 10.6. The summed E-state index contributed by atoms with van der Waals surface area (Å²) in [5, 5.41) is 21.0. The Bertz CT molecular complexity index is 998. The molecular formula is C24H25NO6. The highest BCUT2D eigenvalue weighted by Crippen LogP contribution is 2.47. The lowest BCUT2D eigenvalue weighted by molar-refractivity contribution is -0.162. The third-order valence-corrected chi connectivity index (χ3v) is 5.93. The van der Waals surface area contributed by atoms with Gasteiger partial charge in [0.25, 0.3) is 0 Å². The molecule has 1 unspecified atom stereocenters. The van der Waals surface area contributed by atoms with Gasteiger partial charge in [-0.15, -0.1) is 0 Å². The van der Waals surface area contributed by atoms with E-state index in [4.69, 9.17) is 9.47 Å². The van der Waals surface area contributed by atoms with Gasteiger partial charge in [0.1, 0.15) is 24.2 Å². The summed E-state index contributed by atoms with van der Waals surface area (Å²) in [6.07, 6.45) is -1.57. The maximum absolute atomic E-state index is 13.0. The van der Waals surface area contributed by atoms with Crippen molar-refractivity contribution >= 4 is 11.9 Å². The van der Waals surface area contributed by atoms with Crippen LogP contribution in [0.15, 0.2) is 65.9 Å². The number of amides is 1. The molecule has 2 aromatic carbocycles. The molecule has 1 saturated heterocycles. The second-order valence-corrected chi connectivity index (χ2v) is 7.86. The monoisotopic (exact) mass is 423 g/mol. The van der Waals surface area contributed by atoms with Crippen LogP contribution in [0.1, 0.15) is 30.6 Å². The molecule has 0 aromatic heterocycles. The molecule has 4 atom stereocenters. The molecule has 1 fully saturated rings. The Morgan fingerprint density at radius 3 is 2.42 bits per heavy atom. The predicted octanol–water partition coefficient (Wildman–Crippen LogP) is 2.34. The molecule has 2 aliphatic rings. The zero-order valence-electron chi connectivity index (χ0n) is 17.4. The fourth-order valence-corrected chi connectivity index (χ4v) is 4.31. The van der Waals surface area contributed by atoms with Crippen LogP contribution >= 0.6 is 0 Å². The normalized spacial score (nSPS) is 21.9. The SMILES string of the molecule is COc1ccc(COC(=O)C2=C(C(O)c3ccccc3)C[C@@H]3[C@@H]([C@@H](C)O)C(=O)N23)cc1. The summed E-state index contributed by atoms with van der Waals surface area (Å²) >= 11 is 0. The first kappa shape index (κ1) is 21.1. The number of rotatable bonds is 7. The van der Waals surface area contributed by atoms with E-state index in [0.717, 1.165) is 5.56 Å². The average Bonchev–Trinajstić information content (AvgIpc) is 3.12. The van der Waals surface area contributed by atoms with Crippen molar-refractivity contribution < 1.29 is 29.3 Å². The van der Waals surface area contributed by atoms with Gasteiger partial charge in [-0.1, -0.05) is 42.5 Å². The molecule has 2 N–H and O–H groups in total. The Labute approximate surface area is 180 Å². The van der Waals surface area contributed by atoms with Gasteiger partial charge in [-0.25, -0.2) is 4.79 Å². The standard InChI is InChI=1S/C24H25NO6/c1-14(26)20-19-12-18(22(27)16-6-4-3-5-7-16)21(25(19)23(20)28)24(29)31-13-15-8-10-17(30-2)11-9-15/h3-11,14,19-20,22,26-27H,12-13H2,1-2H3/t14-,19-,20-,22?/m1/s1. The largest absolute Gasteiger partial charge is 0.497 e. The lowest BCUT2D eigenvalue weighted by atomic mass is 9.82. The van der Waals surface area contributed by atoms with Crippen molar-refractivity contribution in [3.63, 3.8) is 0 Å². The highest BCUT2D eigenvalue weighted by molar-refractivity contribution is 6.00. The van der Waals surface area contributed by atoms with Crippen LogP contribution in [-0.4, -0.2) is 46.2 Å². The lowest BCUT2D eigenvalue weighted by Crippen LogP contribution is -2.61. The molecule has 162 valence electrons. The second-order valence-electron chi connectivity index (χ2n) is 7.86. The van der Waals surface area contributed by atoms with Gasteiger partial charge in [0, 0.05) is 0 Å². The minimum atomic E-state index is -1.04. The van der Waals surface area contributed by atoms with Gasteiger partial charge < -0.3 is 24.6 Å². The van der Waals surface area contributed by atoms with Gasteiger partial charge in [-0.2, -0.15) is 0 Å². The fourth-order valence-electron chi connectivity index (χ4n) is 4.31. The Balaban J connectivity index is 1.59. The molecule has 0 saturated carbocycles. The topological polar surface area (TPSA) is 96.3 Å². The number of aliphatic hydroxyl groups is 2. The molecule has 2 heterocycles. The number of carbonyl (C=O) groups is 2. The number of nitrogens with zero attached hydrogens (tertiary/aromatic N) is 1. The van der Waals surface area contributed by atoms with E-state index in [2.05, 4.69) is 0 Å². The third kappa shape index (κ3) is 3.82. The molecule has 7 nitrogen and oxygen atoms in total. The van der Waals surface area contributed by atoms with E-state index in [-0.39, 0.29) is 24.3 Å². The van der Waals surface area contributed by atoms with Gasteiger partial charge in [0.2, 0.25) is 5.91 Å². The van der Waals surface area contributed by atoms with Gasteiger partial charge in [0.05, 0.1) is 25.2 Å². The summed E-state index contributed by atoms with van der Waals surface area (Å²) in [6, 6.07) is 15.7. The number of carbonyl (C=O) groups excluding carboxylic acids is 2. The summed E-state index contributed by atoms with van der Waals surface area (Å²) in [5.41, 5.74) is 1.91. The molecule has 2 aromatic rings. The molecular weight excluding hydrogens is 398 g/mol. The number of ether oxygens (including phenoxy) is 2. The molecule has 7 heteroatoms. The number of esters is 1. The number of fused-ring (bicyclic) bond motifs is 1. The zero-order chi connectivity index (χ0) is 22.1. The number of aliphatic hydroxyl groups excluding tert-OH is 2. The fraction of sp³-hybridized carbons (Fsp3) is 0.333. The number of hydrogen-bond acceptors (Lipinski definition) is 6. The Hall–Kier alpha value is -3.16. The van der Waals surface area contributed by atoms with E-state index in [9.17, 15) is 19.8 Å². The second kappa shape index (κ2) is 8.53. The first-order valence-corrected chi connectivity index (χ1v) is 10.2. The van der Waals surface area contributed by atoms with Crippen molar-refractivity contribution in [2.24, 2.45) is 5.92 Å². The van der Waals surface area contributed by atoms with Crippen LogP contribution in [0.2, 0.25) is 0 Å². The highest BCUT2D eigenvalue weighted by Gasteiger charge is 2.57. The third-order valence-electron chi connectivity index (χ3n) is 5.93. The molecule has 1 amide bonds. The smallest absolute Gasteiger partial charge is 0.355 e. The average molecular weight is 423 g/mol. The van der Waals surface area contributed by atoms with E-state index in [1.165, 1.54) is 4.90 Å². The van der Waals surface area contributed by atoms with Crippen LogP contribution in [0.3, 0.4) is 0 Å². The molecule has 0 spiro atoms. The van der Waals surface area contributed by atoms with Crippen molar-refractivity contribution in [3.8, 4) is 5.75 Å². The first-order chi connectivity index (χ1) is 14.9. The molecule has 4 rings (SSSR count). The van der Waals surface area contributed by atoms with Crippen molar-refractivity contribution in [2.45, 2.75) is 38.2 Å². The molecule has 0 aliphatic carbocycles. The van der Waals surface area contributed by atoms with Crippen molar-refractivity contribution in [3.05, 3.63) is 77.0 Å². The predicted molar refractivity (Wildman–Crippen MR) is 112 cm³/mol. The van der Waals surface area contributed by atoms with Gasteiger partial charge in [-0.3, -0.25) is 4.79 Å². The van der Waals surface area contributed by atoms with Crippen LogP contribution in [-0.2, 0) is 20.9 Å². The Morgan fingerprint density at radius 2 is 1.81 bits per heavy atom. The minimum Gasteiger partial charge on any atom is -0.497 e. The van der Waals surface area contributed by atoms with Crippen LogP contribution in [0.5, 0.6) is 5.75 Å². The Kier molecular flexibility index (Phi) is 5.80. The quantitative estimate of drug-likeness (QED) is 0.524. The summed E-state index contributed by atoms with van der Waals surface area (Å²) in [6.45, 7) is 1.58. The number of methoxy groups -OCH3 is 1. The van der Waals surface area contributed by atoms with E-state index < -0.39 is 24.1 Å². The summed E-state index contributed by atoms with van der Waals surface area (Å²) in [7, 11) is 1.57. The minimum absolute atomic E-state index is 0.0214. The molecule has 2 aliphatic heterocycles.